The highest BCUT2D eigenvalue weighted by molar-refractivity contribution is 4.94. The van der Waals surface area contributed by atoms with Crippen LogP contribution in [0.15, 0.2) is 0 Å². The predicted molar refractivity (Wildman–Crippen MR) is 62.5 cm³/mol. The summed E-state index contributed by atoms with van der Waals surface area (Å²) in [5.41, 5.74) is 5.57. The molecule has 0 heterocycles. The SMILES string of the molecule is CC1CCC(C2(O)CCCC(N)C2)CC1. The minimum absolute atomic E-state index is 0.239. The number of hydrogen-bond acceptors (Lipinski definition) is 2. The van der Waals surface area contributed by atoms with Gasteiger partial charge in [0, 0.05) is 6.04 Å². The second-order valence-corrected chi connectivity index (χ2v) is 5.92. The van der Waals surface area contributed by atoms with Gasteiger partial charge in [-0.05, 0) is 50.4 Å². The maximum Gasteiger partial charge on any atom is 0.0690 e. The maximum absolute atomic E-state index is 10.7. The smallest absolute Gasteiger partial charge is 0.0690 e. The quantitative estimate of drug-likeness (QED) is 0.700. The normalized spacial score (nSPS) is 47.8. The third kappa shape index (κ3) is 2.54. The minimum atomic E-state index is -0.419. The molecule has 0 saturated heterocycles. The molecule has 2 aliphatic rings. The third-order valence-electron chi connectivity index (χ3n) is 4.58. The van der Waals surface area contributed by atoms with E-state index in [-0.39, 0.29) is 6.04 Å². The van der Waals surface area contributed by atoms with E-state index < -0.39 is 5.60 Å². The van der Waals surface area contributed by atoms with E-state index in [2.05, 4.69) is 6.92 Å². The first-order valence-electron chi connectivity index (χ1n) is 6.58. The van der Waals surface area contributed by atoms with Crippen LogP contribution in [0, 0.1) is 11.8 Å². The number of hydrogen-bond donors (Lipinski definition) is 2. The van der Waals surface area contributed by atoms with Crippen molar-refractivity contribution < 1.29 is 5.11 Å². The molecule has 15 heavy (non-hydrogen) atoms. The molecule has 0 radical (unpaired) electrons. The Morgan fingerprint density at radius 3 is 2.40 bits per heavy atom. The molecule has 0 aliphatic heterocycles. The van der Waals surface area contributed by atoms with Crippen LogP contribution in [0.3, 0.4) is 0 Å². The highest BCUT2D eigenvalue weighted by Crippen LogP contribution is 2.42. The van der Waals surface area contributed by atoms with E-state index in [1.54, 1.807) is 0 Å². The molecule has 3 N–H and O–H groups in total. The average Bonchev–Trinajstić information content (AvgIpc) is 2.18. The molecule has 0 aromatic rings. The maximum atomic E-state index is 10.7. The van der Waals surface area contributed by atoms with Gasteiger partial charge in [0.05, 0.1) is 5.60 Å². The van der Waals surface area contributed by atoms with Gasteiger partial charge in [-0.25, -0.2) is 0 Å². The van der Waals surface area contributed by atoms with Gasteiger partial charge in [0.15, 0.2) is 0 Å². The van der Waals surface area contributed by atoms with E-state index in [9.17, 15) is 5.11 Å². The van der Waals surface area contributed by atoms with E-state index in [1.165, 1.54) is 25.7 Å². The Bertz CT molecular complexity index is 211. The van der Waals surface area contributed by atoms with Gasteiger partial charge in [0.25, 0.3) is 0 Å². The number of rotatable bonds is 1. The molecule has 88 valence electrons. The van der Waals surface area contributed by atoms with E-state index in [0.29, 0.717) is 5.92 Å². The highest BCUT2D eigenvalue weighted by Gasteiger charge is 2.40. The van der Waals surface area contributed by atoms with E-state index in [1.807, 2.05) is 0 Å². The van der Waals surface area contributed by atoms with Crippen molar-refractivity contribution in [2.45, 2.75) is 69.9 Å². The zero-order valence-electron chi connectivity index (χ0n) is 9.91. The standard InChI is InChI=1S/C13H25NO/c1-10-4-6-11(7-5-10)13(15)8-2-3-12(14)9-13/h10-12,15H,2-9,14H2,1H3. The van der Waals surface area contributed by atoms with Crippen LogP contribution in [-0.4, -0.2) is 16.7 Å². The van der Waals surface area contributed by atoms with Crippen molar-refractivity contribution in [3.05, 3.63) is 0 Å². The lowest BCUT2D eigenvalue weighted by molar-refractivity contribution is -0.0691. The average molecular weight is 211 g/mol. The second kappa shape index (κ2) is 4.42. The fourth-order valence-corrected chi connectivity index (χ4v) is 3.50. The van der Waals surface area contributed by atoms with Crippen molar-refractivity contribution in [3.8, 4) is 0 Å². The third-order valence-corrected chi connectivity index (χ3v) is 4.58. The fourth-order valence-electron chi connectivity index (χ4n) is 3.50. The lowest BCUT2D eigenvalue weighted by Crippen LogP contribution is -2.47. The topological polar surface area (TPSA) is 46.2 Å². The predicted octanol–water partition coefficient (Wildman–Crippen LogP) is 2.45. The van der Waals surface area contributed by atoms with Crippen LogP contribution < -0.4 is 5.73 Å². The van der Waals surface area contributed by atoms with Gasteiger partial charge < -0.3 is 10.8 Å². The summed E-state index contributed by atoms with van der Waals surface area (Å²) in [6, 6.07) is 0.239. The molecule has 0 bridgehead atoms. The molecular formula is C13H25NO. The van der Waals surface area contributed by atoms with Crippen LogP contribution in [0.4, 0.5) is 0 Å². The van der Waals surface area contributed by atoms with Crippen molar-refractivity contribution in [2.75, 3.05) is 0 Å². The summed E-state index contributed by atoms with van der Waals surface area (Å²) >= 11 is 0. The Kier molecular flexibility index (Phi) is 3.36. The van der Waals surface area contributed by atoms with Crippen molar-refractivity contribution in [3.63, 3.8) is 0 Å². The molecule has 0 aromatic heterocycles. The molecule has 2 rings (SSSR count). The largest absolute Gasteiger partial charge is 0.390 e. The molecule has 2 fully saturated rings. The first-order valence-corrected chi connectivity index (χ1v) is 6.58. The van der Waals surface area contributed by atoms with E-state index in [0.717, 1.165) is 31.6 Å². The molecule has 0 aromatic carbocycles. The van der Waals surface area contributed by atoms with Gasteiger partial charge in [-0.2, -0.15) is 0 Å². The van der Waals surface area contributed by atoms with E-state index in [4.69, 9.17) is 5.73 Å². The first-order chi connectivity index (χ1) is 7.10. The molecular weight excluding hydrogens is 186 g/mol. The lowest BCUT2D eigenvalue weighted by atomic mass is 9.67. The molecule has 0 spiro atoms. The van der Waals surface area contributed by atoms with Crippen molar-refractivity contribution in [1.29, 1.82) is 0 Å². The Hall–Kier alpha value is -0.0800. The summed E-state index contributed by atoms with van der Waals surface area (Å²) in [6.07, 6.45) is 9.06. The molecule has 2 nitrogen and oxygen atoms in total. The second-order valence-electron chi connectivity index (χ2n) is 5.92. The number of nitrogens with two attached hydrogens (primary N) is 1. The summed E-state index contributed by atoms with van der Waals surface area (Å²) in [6.45, 7) is 2.33. The van der Waals surface area contributed by atoms with Crippen LogP contribution >= 0.6 is 0 Å². The van der Waals surface area contributed by atoms with Gasteiger partial charge in [-0.3, -0.25) is 0 Å². The number of aliphatic hydroxyl groups is 1. The molecule has 0 amide bonds. The Morgan fingerprint density at radius 2 is 1.80 bits per heavy atom. The first kappa shape index (κ1) is 11.4. The van der Waals surface area contributed by atoms with Crippen LogP contribution in [0.2, 0.25) is 0 Å². The Labute approximate surface area is 93.2 Å². The molecule has 2 saturated carbocycles. The van der Waals surface area contributed by atoms with Gasteiger partial charge in [-0.1, -0.05) is 19.8 Å². The Morgan fingerprint density at radius 1 is 1.13 bits per heavy atom. The molecule has 2 heteroatoms. The van der Waals surface area contributed by atoms with Gasteiger partial charge in [0.2, 0.25) is 0 Å². The van der Waals surface area contributed by atoms with Gasteiger partial charge in [-0.15, -0.1) is 0 Å². The fraction of sp³-hybridized carbons (Fsp3) is 1.00. The summed E-state index contributed by atoms with van der Waals surface area (Å²) in [5, 5.41) is 10.7. The zero-order chi connectivity index (χ0) is 10.9. The molecule has 2 atom stereocenters. The van der Waals surface area contributed by atoms with Crippen LogP contribution in [0.25, 0.3) is 0 Å². The highest BCUT2D eigenvalue weighted by atomic mass is 16.3. The van der Waals surface area contributed by atoms with E-state index >= 15 is 0 Å². The monoisotopic (exact) mass is 211 g/mol. The Balaban J connectivity index is 1.95. The van der Waals surface area contributed by atoms with Gasteiger partial charge >= 0.3 is 0 Å². The van der Waals surface area contributed by atoms with Gasteiger partial charge in [0.1, 0.15) is 0 Å². The summed E-state index contributed by atoms with van der Waals surface area (Å²) < 4.78 is 0. The summed E-state index contributed by atoms with van der Waals surface area (Å²) in [5.74, 6) is 1.39. The minimum Gasteiger partial charge on any atom is -0.390 e. The zero-order valence-corrected chi connectivity index (χ0v) is 9.91. The molecule has 2 aliphatic carbocycles. The van der Waals surface area contributed by atoms with Crippen LogP contribution in [0.1, 0.15) is 58.3 Å². The van der Waals surface area contributed by atoms with Crippen molar-refractivity contribution in [1.82, 2.24) is 0 Å². The van der Waals surface area contributed by atoms with Crippen molar-refractivity contribution >= 4 is 0 Å². The summed E-state index contributed by atoms with van der Waals surface area (Å²) in [7, 11) is 0. The molecule has 2 unspecified atom stereocenters. The summed E-state index contributed by atoms with van der Waals surface area (Å²) in [4.78, 5) is 0. The van der Waals surface area contributed by atoms with Crippen LogP contribution in [-0.2, 0) is 0 Å². The lowest BCUT2D eigenvalue weighted by Gasteiger charge is -2.44. The van der Waals surface area contributed by atoms with Crippen molar-refractivity contribution in [2.24, 2.45) is 17.6 Å². The van der Waals surface area contributed by atoms with Crippen LogP contribution in [0.5, 0.6) is 0 Å².